The number of nitrogens with zero attached hydrogens (tertiary/aromatic N) is 3. The average Bonchev–Trinajstić information content (AvgIpc) is 2.33. The van der Waals surface area contributed by atoms with Gasteiger partial charge in [0.15, 0.2) is 0 Å². The summed E-state index contributed by atoms with van der Waals surface area (Å²) in [5.41, 5.74) is 0.506. The van der Waals surface area contributed by atoms with Crippen LogP contribution in [0.1, 0.15) is 23.7 Å². The van der Waals surface area contributed by atoms with Crippen molar-refractivity contribution in [2.45, 2.75) is 19.4 Å². The maximum absolute atomic E-state index is 12.0. The Morgan fingerprint density at radius 1 is 1.50 bits per heavy atom. The first kappa shape index (κ1) is 11.0. The van der Waals surface area contributed by atoms with Crippen molar-refractivity contribution in [2.75, 3.05) is 13.1 Å². The molecule has 86 valence electrons. The number of carbonyl (C=O) groups excluding carboxylic acids is 1. The molecule has 16 heavy (non-hydrogen) atoms. The SMILES string of the molecule is CC1CN(C(=O)c2cncnc2)CCC1O. The molecule has 0 spiro atoms. The Kier molecular flexibility index (Phi) is 3.14. The fourth-order valence-corrected chi connectivity index (χ4v) is 1.91. The van der Waals surface area contributed by atoms with E-state index in [1.165, 1.54) is 18.7 Å². The number of aliphatic hydroxyl groups excluding tert-OH is 1. The summed E-state index contributed by atoms with van der Waals surface area (Å²) in [6, 6.07) is 0. The van der Waals surface area contributed by atoms with E-state index in [0.717, 1.165) is 0 Å². The second-order valence-corrected chi connectivity index (χ2v) is 4.21. The molecule has 2 atom stereocenters. The molecule has 0 bridgehead atoms. The van der Waals surface area contributed by atoms with E-state index < -0.39 is 0 Å². The van der Waals surface area contributed by atoms with Gasteiger partial charge < -0.3 is 10.0 Å². The number of piperidine rings is 1. The summed E-state index contributed by atoms with van der Waals surface area (Å²) in [5, 5.41) is 9.59. The maximum atomic E-state index is 12.0. The maximum Gasteiger partial charge on any atom is 0.257 e. The van der Waals surface area contributed by atoms with Crippen LogP contribution in [0.2, 0.25) is 0 Å². The van der Waals surface area contributed by atoms with Gasteiger partial charge >= 0.3 is 0 Å². The van der Waals surface area contributed by atoms with Gasteiger partial charge in [-0.3, -0.25) is 4.79 Å². The van der Waals surface area contributed by atoms with Gasteiger partial charge in [0.05, 0.1) is 11.7 Å². The van der Waals surface area contributed by atoms with Crippen LogP contribution < -0.4 is 0 Å². The largest absolute Gasteiger partial charge is 0.393 e. The molecule has 5 nitrogen and oxygen atoms in total. The highest BCUT2D eigenvalue weighted by atomic mass is 16.3. The lowest BCUT2D eigenvalue weighted by Crippen LogP contribution is -2.45. The molecular weight excluding hydrogens is 206 g/mol. The third-order valence-corrected chi connectivity index (χ3v) is 2.95. The lowest BCUT2D eigenvalue weighted by atomic mass is 9.96. The summed E-state index contributed by atoms with van der Waals surface area (Å²) < 4.78 is 0. The van der Waals surface area contributed by atoms with Crippen LogP contribution in [0.3, 0.4) is 0 Å². The molecule has 2 rings (SSSR count). The number of likely N-dealkylation sites (tertiary alicyclic amines) is 1. The van der Waals surface area contributed by atoms with Gasteiger partial charge in [-0.15, -0.1) is 0 Å². The van der Waals surface area contributed by atoms with Crippen LogP contribution in [-0.2, 0) is 0 Å². The summed E-state index contributed by atoms with van der Waals surface area (Å²) in [4.78, 5) is 21.4. The minimum atomic E-state index is -0.295. The first-order chi connectivity index (χ1) is 7.68. The van der Waals surface area contributed by atoms with Crippen molar-refractivity contribution in [3.63, 3.8) is 0 Å². The van der Waals surface area contributed by atoms with Crippen molar-refractivity contribution in [3.8, 4) is 0 Å². The minimum absolute atomic E-state index is 0.0562. The Bertz CT molecular complexity index is 369. The number of aliphatic hydroxyl groups is 1. The standard InChI is InChI=1S/C11H15N3O2/c1-8-6-14(3-2-10(8)15)11(16)9-4-12-7-13-5-9/h4-5,7-8,10,15H,2-3,6H2,1H3. The number of hydrogen-bond acceptors (Lipinski definition) is 4. The summed E-state index contributed by atoms with van der Waals surface area (Å²) >= 11 is 0. The third-order valence-electron chi connectivity index (χ3n) is 2.95. The van der Waals surface area contributed by atoms with Gasteiger partial charge in [-0.25, -0.2) is 9.97 Å². The molecule has 5 heteroatoms. The molecule has 1 amide bonds. The molecule has 2 unspecified atom stereocenters. The van der Waals surface area contributed by atoms with E-state index in [1.807, 2.05) is 6.92 Å². The normalized spacial score (nSPS) is 25.5. The van der Waals surface area contributed by atoms with Crippen molar-refractivity contribution < 1.29 is 9.90 Å². The molecule has 0 aliphatic carbocycles. The molecule has 2 heterocycles. The van der Waals surface area contributed by atoms with Crippen LogP contribution >= 0.6 is 0 Å². The molecule has 1 aliphatic rings. The fourth-order valence-electron chi connectivity index (χ4n) is 1.91. The van der Waals surface area contributed by atoms with E-state index in [9.17, 15) is 9.90 Å². The van der Waals surface area contributed by atoms with E-state index in [1.54, 1.807) is 4.90 Å². The fraction of sp³-hybridized carbons (Fsp3) is 0.545. The van der Waals surface area contributed by atoms with Crippen LogP contribution in [0.4, 0.5) is 0 Å². The quantitative estimate of drug-likeness (QED) is 0.741. The van der Waals surface area contributed by atoms with Crippen molar-refractivity contribution in [2.24, 2.45) is 5.92 Å². The Hall–Kier alpha value is -1.49. The number of amides is 1. The van der Waals surface area contributed by atoms with Crippen LogP contribution in [0.15, 0.2) is 18.7 Å². The number of carbonyl (C=O) groups is 1. The van der Waals surface area contributed by atoms with Crippen LogP contribution in [0, 0.1) is 5.92 Å². The predicted octanol–water partition coefficient (Wildman–Crippen LogP) is 0.319. The van der Waals surface area contributed by atoms with Crippen molar-refractivity contribution in [1.82, 2.24) is 14.9 Å². The smallest absolute Gasteiger partial charge is 0.257 e. The molecular formula is C11H15N3O2. The van der Waals surface area contributed by atoms with Gasteiger partial charge in [0.1, 0.15) is 6.33 Å². The molecule has 0 radical (unpaired) electrons. The van der Waals surface area contributed by atoms with E-state index in [0.29, 0.717) is 25.1 Å². The average molecular weight is 221 g/mol. The second-order valence-electron chi connectivity index (χ2n) is 4.21. The molecule has 1 saturated heterocycles. The molecule has 1 fully saturated rings. The monoisotopic (exact) mass is 221 g/mol. The molecule has 1 aliphatic heterocycles. The third kappa shape index (κ3) is 2.19. The topological polar surface area (TPSA) is 66.3 Å². The molecule has 0 aromatic carbocycles. The van der Waals surface area contributed by atoms with Crippen molar-refractivity contribution >= 4 is 5.91 Å². The molecule has 1 N–H and O–H groups in total. The number of rotatable bonds is 1. The Morgan fingerprint density at radius 3 is 2.81 bits per heavy atom. The highest BCUT2D eigenvalue weighted by molar-refractivity contribution is 5.93. The zero-order valence-corrected chi connectivity index (χ0v) is 9.21. The molecule has 1 aromatic rings. The zero-order chi connectivity index (χ0) is 11.5. The minimum Gasteiger partial charge on any atom is -0.393 e. The Balaban J connectivity index is 2.06. The lowest BCUT2D eigenvalue weighted by molar-refractivity contribution is 0.0297. The summed E-state index contributed by atoms with van der Waals surface area (Å²) in [6.07, 6.45) is 4.78. The molecule has 1 aromatic heterocycles. The highest BCUT2D eigenvalue weighted by Crippen LogP contribution is 2.18. The van der Waals surface area contributed by atoms with Gasteiger partial charge in [-0.1, -0.05) is 6.92 Å². The molecule has 0 saturated carbocycles. The van der Waals surface area contributed by atoms with Gasteiger partial charge in [0.25, 0.3) is 5.91 Å². The van der Waals surface area contributed by atoms with Crippen LogP contribution in [0.25, 0.3) is 0 Å². The Morgan fingerprint density at radius 2 is 2.19 bits per heavy atom. The van der Waals surface area contributed by atoms with E-state index in [-0.39, 0.29) is 17.9 Å². The lowest BCUT2D eigenvalue weighted by Gasteiger charge is -2.34. The zero-order valence-electron chi connectivity index (χ0n) is 9.21. The first-order valence-electron chi connectivity index (χ1n) is 5.41. The van der Waals surface area contributed by atoms with E-state index in [2.05, 4.69) is 9.97 Å². The predicted molar refractivity (Wildman–Crippen MR) is 57.7 cm³/mol. The van der Waals surface area contributed by atoms with Crippen LogP contribution in [0.5, 0.6) is 0 Å². The van der Waals surface area contributed by atoms with E-state index in [4.69, 9.17) is 0 Å². The van der Waals surface area contributed by atoms with Gasteiger partial charge in [-0.2, -0.15) is 0 Å². The first-order valence-corrected chi connectivity index (χ1v) is 5.41. The van der Waals surface area contributed by atoms with Crippen molar-refractivity contribution in [1.29, 1.82) is 0 Å². The summed E-state index contributed by atoms with van der Waals surface area (Å²) in [7, 11) is 0. The Labute approximate surface area is 94.1 Å². The van der Waals surface area contributed by atoms with Crippen molar-refractivity contribution in [3.05, 3.63) is 24.3 Å². The van der Waals surface area contributed by atoms with Gasteiger partial charge in [-0.05, 0) is 12.3 Å². The summed E-state index contributed by atoms with van der Waals surface area (Å²) in [5.74, 6) is 0.0710. The number of hydrogen-bond donors (Lipinski definition) is 1. The highest BCUT2D eigenvalue weighted by Gasteiger charge is 2.27. The number of aromatic nitrogens is 2. The summed E-state index contributed by atoms with van der Waals surface area (Å²) in [6.45, 7) is 3.14. The van der Waals surface area contributed by atoms with Crippen LogP contribution in [-0.4, -0.2) is 45.1 Å². The van der Waals surface area contributed by atoms with Gasteiger partial charge in [0.2, 0.25) is 0 Å². The van der Waals surface area contributed by atoms with Gasteiger partial charge in [0, 0.05) is 25.5 Å². The van der Waals surface area contributed by atoms with E-state index >= 15 is 0 Å². The second kappa shape index (κ2) is 4.57.